The lowest BCUT2D eigenvalue weighted by atomic mass is 9.85. The lowest BCUT2D eigenvalue weighted by molar-refractivity contribution is -0.153. The van der Waals surface area contributed by atoms with Crippen LogP contribution in [0.1, 0.15) is 70.4 Å². The number of benzene rings is 2. The number of halogens is 1. The van der Waals surface area contributed by atoms with Crippen molar-refractivity contribution in [2.75, 3.05) is 7.11 Å². The van der Waals surface area contributed by atoms with E-state index in [1.165, 1.54) is 18.2 Å². The lowest BCUT2D eigenvalue weighted by Crippen LogP contribution is -2.49. The molecule has 196 valence electrons. The Kier molecular flexibility index (Phi) is 12.1. The third-order valence-corrected chi connectivity index (χ3v) is 6.72. The number of carbonyl (C=O) groups is 3. The van der Waals surface area contributed by atoms with Crippen LogP contribution in [0, 0.1) is 5.41 Å². The Morgan fingerprint density at radius 2 is 1.36 bits per heavy atom. The molecule has 36 heavy (non-hydrogen) atoms. The quantitative estimate of drug-likeness (QED) is 0.289. The average molecular weight is 514 g/mol. The van der Waals surface area contributed by atoms with Gasteiger partial charge in [0.25, 0.3) is 0 Å². The first kappa shape index (κ1) is 29.6. The summed E-state index contributed by atoms with van der Waals surface area (Å²) in [5, 5.41) is -0.245. The van der Waals surface area contributed by atoms with E-state index < -0.39 is 6.04 Å². The highest BCUT2D eigenvalue weighted by molar-refractivity contribution is 6.63. The standard InChI is InChI=1S/C20H29NO3.C10H11ClO/c1-20(2,3)17-14-13-16(19(23)24-4)21(17)18(22)12-8-11-15-9-6-5-7-10-15;11-10(12)8-4-7-9-5-2-1-3-6-9/h5-7,9-10,16-17H,8,11-14H2,1-4H3;1-3,5-6H,4,7-8H2/t16-,17+;/m0./s1. The fourth-order valence-electron chi connectivity index (χ4n) is 4.67. The van der Waals surface area contributed by atoms with E-state index in [0.29, 0.717) is 19.3 Å². The highest BCUT2D eigenvalue weighted by Gasteiger charge is 2.45. The summed E-state index contributed by atoms with van der Waals surface area (Å²) in [4.78, 5) is 37.1. The molecule has 1 aliphatic rings. The number of esters is 1. The second-order valence-electron chi connectivity index (χ2n) is 10.3. The van der Waals surface area contributed by atoms with E-state index in [2.05, 4.69) is 45.0 Å². The van der Waals surface area contributed by atoms with Gasteiger partial charge in [-0.2, -0.15) is 0 Å². The molecule has 0 unspecified atom stereocenters. The molecule has 0 aliphatic carbocycles. The van der Waals surface area contributed by atoms with Gasteiger partial charge in [0.15, 0.2) is 0 Å². The third-order valence-electron chi connectivity index (χ3n) is 6.53. The summed E-state index contributed by atoms with van der Waals surface area (Å²) in [6.07, 6.45) is 5.93. The van der Waals surface area contributed by atoms with E-state index in [1.54, 1.807) is 4.90 Å². The van der Waals surface area contributed by atoms with Gasteiger partial charge in [-0.05, 0) is 66.7 Å². The van der Waals surface area contributed by atoms with Crippen molar-refractivity contribution in [1.29, 1.82) is 0 Å². The number of hydrogen-bond acceptors (Lipinski definition) is 4. The zero-order valence-electron chi connectivity index (χ0n) is 22.0. The largest absolute Gasteiger partial charge is 0.467 e. The topological polar surface area (TPSA) is 63.7 Å². The monoisotopic (exact) mass is 513 g/mol. The molecule has 1 aliphatic heterocycles. The fraction of sp³-hybridized carbons (Fsp3) is 0.500. The molecule has 0 radical (unpaired) electrons. The molecular weight excluding hydrogens is 474 g/mol. The normalized spacial score (nSPS) is 17.2. The van der Waals surface area contributed by atoms with Gasteiger partial charge in [0.05, 0.1) is 7.11 Å². The third kappa shape index (κ3) is 9.77. The van der Waals surface area contributed by atoms with Gasteiger partial charge < -0.3 is 9.64 Å². The molecule has 2 atom stereocenters. The van der Waals surface area contributed by atoms with Crippen molar-refractivity contribution in [3.05, 3.63) is 71.8 Å². The molecule has 0 N–H and O–H groups in total. The van der Waals surface area contributed by atoms with Gasteiger partial charge in [-0.1, -0.05) is 81.4 Å². The van der Waals surface area contributed by atoms with Gasteiger partial charge in [-0.25, -0.2) is 4.79 Å². The summed E-state index contributed by atoms with van der Waals surface area (Å²) in [5.74, 6) is -0.225. The van der Waals surface area contributed by atoms with Crippen LogP contribution in [0.4, 0.5) is 0 Å². The van der Waals surface area contributed by atoms with Crippen molar-refractivity contribution in [2.24, 2.45) is 5.41 Å². The Labute approximate surface area is 221 Å². The molecule has 0 aromatic heterocycles. The Bertz CT molecular complexity index is 956. The second-order valence-corrected chi connectivity index (χ2v) is 10.8. The Balaban J connectivity index is 0.000000319. The molecule has 2 aromatic carbocycles. The molecular formula is C30H40ClNO4. The van der Waals surface area contributed by atoms with Crippen LogP contribution in [0.3, 0.4) is 0 Å². The highest BCUT2D eigenvalue weighted by atomic mass is 35.5. The molecule has 1 fully saturated rings. The van der Waals surface area contributed by atoms with Crippen molar-refractivity contribution in [2.45, 2.75) is 84.2 Å². The summed E-state index contributed by atoms with van der Waals surface area (Å²) in [6, 6.07) is 19.9. The first-order chi connectivity index (χ1) is 17.1. The summed E-state index contributed by atoms with van der Waals surface area (Å²) < 4.78 is 4.92. The maximum Gasteiger partial charge on any atom is 0.328 e. The van der Waals surface area contributed by atoms with Crippen molar-refractivity contribution in [1.82, 2.24) is 4.90 Å². The zero-order valence-corrected chi connectivity index (χ0v) is 22.8. The van der Waals surface area contributed by atoms with E-state index >= 15 is 0 Å². The zero-order chi connectivity index (χ0) is 26.6. The van der Waals surface area contributed by atoms with Crippen LogP contribution < -0.4 is 0 Å². The van der Waals surface area contributed by atoms with Gasteiger partial charge in [0.2, 0.25) is 11.1 Å². The van der Waals surface area contributed by atoms with Crippen LogP contribution in [0.2, 0.25) is 0 Å². The predicted octanol–water partition coefficient (Wildman–Crippen LogP) is 6.36. The molecule has 1 amide bonds. The van der Waals surface area contributed by atoms with E-state index in [-0.39, 0.29) is 28.6 Å². The van der Waals surface area contributed by atoms with Crippen LogP contribution >= 0.6 is 11.6 Å². The number of carbonyl (C=O) groups excluding carboxylic acids is 3. The number of amides is 1. The molecule has 1 heterocycles. The number of hydrogen-bond donors (Lipinski definition) is 0. The van der Waals surface area contributed by atoms with Crippen LogP contribution in [-0.2, 0) is 32.0 Å². The molecule has 0 saturated carbocycles. The van der Waals surface area contributed by atoms with Crippen molar-refractivity contribution >= 4 is 28.7 Å². The van der Waals surface area contributed by atoms with E-state index in [0.717, 1.165) is 32.1 Å². The maximum atomic E-state index is 12.8. The number of likely N-dealkylation sites (tertiary alicyclic amines) is 1. The van der Waals surface area contributed by atoms with Gasteiger partial charge in [-0.15, -0.1) is 0 Å². The van der Waals surface area contributed by atoms with Crippen LogP contribution in [0.25, 0.3) is 0 Å². The SMILES string of the molecule is COC(=O)[C@@H]1CC[C@H](C(C)(C)C)N1C(=O)CCCc1ccccc1.O=C(Cl)CCCc1ccccc1. The minimum absolute atomic E-state index is 0.0438. The van der Waals surface area contributed by atoms with E-state index in [1.807, 2.05) is 36.4 Å². The van der Waals surface area contributed by atoms with Crippen LogP contribution in [0.15, 0.2) is 60.7 Å². The van der Waals surface area contributed by atoms with Gasteiger partial charge in [-0.3, -0.25) is 9.59 Å². The highest BCUT2D eigenvalue weighted by Crippen LogP contribution is 2.37. The Morgan fingerprint density at radius 1 is 0.861 bits per heavy atom. The Morgan fingerprint density at radius 3 is 1.81 bits per heavy atom. The van der Waals surface area contributed by atoms with E-state index in [9.17, 15) is 14.4 Å². The lowest BCUT2D eigenvalue weighted by Gasteiger charge is -2.37. The van der Waals surface area contributed by atoms with Gasteiger partial charge in [0, 0.05) is 18.9 Å². The minimum Gasteiger partial charge on any atom is -0.467 e. The number of rotatable bonds is 9. The van der Waals surface area contributed by atoms with Crippen molar-refractivity contribution in [3.63, 3.8) is 0 Å². The molecule has 5 nitrogen and oxygen atoms in total. The Hall–Kier alpha value is -2.66. The fourth-order valence-corrected chi connectivity index (χ4v) is 4.80. The van der Waals surface area contributed by atoms with E-state index in [4.69, 9.17) is 16.3 Å². The molecule has 3 rings (SSSR count). The molecule has 0 spiro atoms. The maximum absolute atomic E-state index is 12.8. The number of ether oxygens (including phenoxy) is 1. The molecule has 2 aromatic rings. The first-order valence-corrected chi connectivity index (χ1v) is 13.2. The van der Waals surface area contributed by atoms with Crippen LogP contribution in [-0.4, -0.2) is 41.2 Å². The summed E-state index contributed by atoms with van der Waals surface area (Å²) in [5.41, 5.74) is 2.46. The summed E-state index contributed by atoms with van der Waals surface area (Å²) >= 11 is 5.21. The molecule has 6 heteroatoms. The number of aryl methyl sites for hydroxylation is 2. The van der Waals surface area contributed by atoms with Crippen molar-refractivity contribution in [3.8, 4) is 0 Å². The van der Waals surface area contributed by atoms with Gasteiger partial charge >= 0.3 is 5.97 Å². The second kappa shape index (κ2) is 14.8. The number of methoxy groups -OCH3 is 1. The first-order valence-electron chi connectivity index (χ1n) is 12.8. The predicted molar refractivity (Wildman–Crippen MR) is 145 cm³/mol. The number of nitrogens with zero attached hydrogens (tertiary/aromatic N) is 1. The summed E-state index contributed by atoms with van der Waals surface area (Å²) in [6.45, 7) is 6.38. The average Bonchev–Trinajstić information content (AvgIpc) is 3.31. The minimum atomic E-state index is -0.427. The smallest absolute Gasteiger partial charge is 0.328 e. The summed E-state index contributed by atoms with van der Waals surface area (Å²) in [7, 11) is 1.39. The van der Waals surface area contributed by atoms with Gasteiger partial charge in [0.1, 0.15) is 6.04 Å². The molecule has 1 saturated heterocycles. The van der Waals surface area contributed by atoms with Crippen LogP contribution in [0.5, 0.6) is 0 Å². The molecule has 0 bridgehead atoms. The van der Waals surface area contributed by atoms with Crippen molar-refractivity contribution < 1.29 is 19.1 Å².